The van der Waals surface area contributed by atoms with Crippen LogP contribution in [0.5, 0.6) is 11.5 Å². The van der Waals surface area contributed by atoms with E-state index in [1.54, 1.807) is 48.5 Å². The number of ether oxygens (including phenoxy) is 2. The maximum absolute atomic E-state index is 13.4. The van der Waals surface area contributed by atoms with Crippen LogP contribution in [0.4, 0.5) is 10.1 Å². The second-order valence-electron chi connectivity index (χ2n) is 6.82. The number of hydrogen-bond acceptors (Lipinski definition) is 4. The average Bonchev–Trinajstić information content (AvgIpc) is 2.77. The first kappa shape index (κ1) is 24.3. The molecule has 0 atom stereocenters. The molecule has 3 aromatic carbocycles. The minimum absolute atomic E-state index is 0.0993. The average molecular weight is 530 g/mol. The predicted molar refractivity (Wildman–Crippen MR) is 130 cm³/mol. The lowest BCUT2D eigenvalue weighted by Gasteiger charge is -2.15. The fraction of sp³-hybridized carbons (Fsp3) is 0.120. The van der Waals surface area contributed by atoms with Crippen LogP contribution in [-0.4, -0.2) is 12.5 Å². The molecule has 0 spiro atoms. The zero-order valence-corrected chi connectivity index (χ0v) is 19.9. The Morgan fingerprint density at radius 3 is 2.67 bits per heavy atom. The number of carbonyl (C=O) groups excluding carboxylic acids is 1. The topological polar surface area (TPSA) is 71.3 Å². The van der Waals surface area contributed by atoms with Crippen LogP contribution in [0, 0.1) is 17.1 Å². The molecule has 0 aliphatic heterocycles. The summed E-state index contributed by atoms with van der Waals surface area (Å²) in [6.07, 6.45) is 1.45. The summed E-state index contributed by atoms with van der Waals surface area (Å²) in [6, 6.07) is 18.0. The van der Waals surface area contributed by atoms with Gasteiger partial charge in [0.05, 0.1) is 11.1 Å². The van der Waals surface area contributed by atoms with Crippen LogP contribution in [0.25, 0.3) is 6.08 Å². The van der Waals surface area contributed by atoms with E-state index in [-0.39, 0.29) is 18.0 Å². The molecule has 168 valence electrons. The van der Waals surface area contributed by atoms with Gasteiger partial charge in [0, 0.05) is 10.7 Å². The number of benzene rings is 3. The summed E-state index contributed by atoms with van der Waals surface area (Å²) in [6.45, 7) is 2.33. The van der Waals surface area contributed by atoms with Crippen molar-refractivity contribution >= 4 is 45.2 Å². The van der Waals surface area contributed by atoms with Crippen LogP contribution in [0.3, 0.4) is 0 Å². The highest BCUT2D eigenvalue weighted by molar-refractivity contribution is 9.10. The Kier molecular flexibility index (Phi) is 8.47. The van der Waals surface area contributed by atoms with E-state index in [1.165, 1.54) is 18.2 Å². The third kappa shape index (κ3) is 6.82. The second kappa shape index (κ2) is 11.5. The number of nitrogens with one attached hydrogen (secondary N) is 1. The van der Waals surface area contributed by atoms with Crippen molar-refractivity contribution in [1.82, 2.24) is 0 Å². The molecule has 0 saturated heterocycles. The maximum Gasteiger partial charge on any atom is 0.266 e. The lowest BCUT2D eigenvalue weighted by molar-refractivity contribution is -0.112. The van der Waals surface area contributed by atoms with E-state index in [0.717, 1.165) is 0 Å². The SMILES string of the molecule is CCOc1cc(/C=C(\C#N)C(=O)Nc2cccc(Cl)c2)cc(Br)c1OCc1cccc(F)c1. The maximum atomic E-state index is 13.4. The van der Waals surface area contributed by atoms with Gasteiger partial charge in [0.1, 0.15) is 24.1 Å². The van der Waals surface area contributed by atoms with Crippen molar-refractivity contribution in [3.63, 3.8) is 0 Å². The van der Waals surface area contributed by atoms with E-state index >= 15 is 0 Å². The summed E-state index contributed by atoms with van der Waals surface area (Å²) >= 11 is 9.40. The zero-order valence-electron chi connectivity index (χ0n) is 17.6. The Morgan fingerprint density at radius 2 is 1.97 bits per heavy atom. The van der Waals surface area contributed by atoms with Crippen LogP contribution in [-0.2, 0) is 11.4 Å². The van der Waals surface area contributed by atoms with Gasteiger partial charge in [-0.15, -0.1) is 0 Å². The van der Waals surface area contributed by atoms with E-state index in [1.807, 2.05) is 13.0 Å². The highest BCUT2D eigenvalue weighted by Crippen LogP contribution is 2.38. The molecular formula is C25H19BrClFN2O3. The van der Waals surface area contributed by atoms with Gasteiger partial charge in [0.15, 0.2) is 11.5 Å². The molecule has 33 heavy (non-hydrogen) atoms. The largest absolute Gasteiger partial charge is 0.490 e. The van der Waals surface area contributed by atoms with Gasteiger partial charge in [-0.05, 0) is 82.5 Å². The Labute approximate surface area is 204 Å². The summed E-state index contributed by atoms with van der Waals surface area (Å²) in [5.74, 6) is -0.0664. The van der Waals surface area contributed by atoms with Crippen molar-refractivity contribution in [2.24, 2.45) is 0 Å². The molecule has 3 aromatic rings. The van der Waals surface area contributed by atoms with Crippen molar-refractivity contribution in [2.45, 2.75) is 13.5 Å². The van der Waals surface area contributed by atoms with Crippen molar-refractivity contribution in [1.29, 1.82) is 5.26 Å². The van der Waals surface area contributed by atoms with Gasteiger partial charge in [-0.25, -0.2) is 4.39 Å². The molecule has 0 heterocycles. The van der Waals surface area contributed by atoms with Crippen molar-refractivity contribution < 1.29 is 18.7 Å². The van der Waals surface area contributed by atoms with E-state index in [9.17, 15) is 14.4 Å². The van der Waals surface area contributed by atoms with Gasteiger partial charge in [-0.2, -0.15) is 5.26 Å². The van der Waals surface area contributed by atoms with Crippen LogP contribution in [0.1, 0.15) is 18.1 Å². The smallest absolute Gasteiger partial charge is 0.266 e. The first-order valence-corrected chi connectivity index (χ1v) is 11.1. The number of anilines is 1. The summed E-state index contributed by atoms with van der Waals surface area (Å²) < 4.78 is 25.6. The first-order chi connectivity index (χ1) is 15.9. The Bertz CT molecular complexity index is 1240. The second-order valence-corrected chi connectivity index (χ2v) is 8.11. The minimum Gasteiger partial charge on any atom is -0.490 e. The normalized spacial score (nSPS) is 10.9. The zero-order chi connectivity index (χ0) is 23.8. The van der Waals surface area contributed by atoms with Crippen LogP contribution < -0.4 is 14.8 Å². The summed E-state index contributed by atoms with van der Waals surface area (Å²) in [7, 11) is 0. The molecule has 0 fully saturated rings. The number of hydrogen-bond donors (Lipinski definition) is 1. The number of carbonyl (C=O) groups is 1. The van der Waals surface area contributed by atoms with Crippen molar-refractivity contribution in [3.05, 3.63) is 92.7 Å². The quantitative estimate of drug-likeness (QED) is 0.258. The van der Waals surface area contributed by atoms with Gasteiger partial charge >= 0.3 is 0 Å². The van der Waals surface area contributed by atoms with E-state index in [2.05, 4.69) is 21.2 Å². The Balaban J connectivity index is 1.85. The minimum atomic E-state index is -0.569. The molecule has 0 aliphatic rings. The molecule has 0 aliphatic carbocycles. The van der Waals surface area contributed by atoms with Crippen LogP contribution >= 0.6 is 27.5 Å². The molecule has 0 radical (unpaired) electrons. The first-order valence-electron chi connectivity index (χ1n) is 9.92. The highest BCUT2D eigenvalue weighted by atomic mass is 79.9. The molecule has 1 amide bonds. The molecule has 0 aromatic heterocycles. The Hall–Kier alpha value is -3.34. The van der Waals surface area contributed by atoms with Crippen LogP contribution in [0.2, 0.25) is 5.02 Å². The van der Waals surface area contributed by atoms with Crippen LogP contribution in [0.15, 0.2) is 70.7 Å². The number of amides is 1. The lowest BCUT2D eigenvalue weighted by atomic mass is 10.1. The number of nitriles is 1. The fourth-order valence-corrected chi connectivity index (χ4v) is 3.70. The monoisotopic (exact) mass is 528 g/mol. The third-order valence-corrected chi connectivity index (χ3v) is 5.19. The third-order valence-electron chi connectivity index (χ3n) is 4.36. The highest BCUT2D eigenvalue weighted by Gasteiger charge is 2.15. The fourth-order valence-electron chi connectivity index (χ4n) is 2.94. The predicted octanol–water partition coefficient (Wildman–Crippen LogP) is 6.76. The number of rotatable bonds is 8. The molecule has 1 N–H and O–H groups in total. The summed E-state index contributed by atoms with van der Waals surface area (Å²) in [4.78, 5) is 12.6. The van der Waals surface area contributed by atoms with Crippen molar-refractivity contribution in [3.8, 4) is 17.6 Å². The van der Waals surface area contributed by atoms with Crippen molar-refractivity contribution in [2.75, 3.05) is 11.9 Å². The van der Waals surface area contributed by atoms with E-state index in [4.69, 9.17) is 21.1 Å². The standard InChI is InChI=1S/C25H19BrClFN2O3/c1-2-32-23-12-17(9-18(14-29)25(31)30-21-8-4-6-19(27)13-21)11-22(26)24(23)33-15-16-5-3-7-20(28)10-16/h3-13H,2,15H2,1H3,(H,30,31)/b18-9+. The van der Waals surface area contributed by atoms with Gasteiger partial charge in [-0.3, -0.25) is 4.79 Å². The van der Waals surface area contributed by atoms with Gasteiger partial charge in [0.25, 0.3) is 5.91 Å². The number of nitrogens with zero attached hydrogens (tertiary/aromatic N) is 1. The molecule has 0 saturated carbocycles. The molecule has 8 heteroatoms. The molecule has 5 nitrogen and oxygen atoms in total. The van der Waals surface area contributed by atoms with E-state index in [0.29, 0.717) is 44.4 Å². The molecule has 0 unspecified atom stereocenters. The summed E-state index contributed by atoms with van der Waals surface area (Å²) in [5.41, 5.74) is 1.60. The van der Waals surface area contributed by atoms with Gasteiger partial charge < -0.3 is 14.8 Å². The molecule has 0 bridgehead atoms. The number of halogens is 3. The Morgan fingerprint density at radius 1 is 1.18 bits per heavy atom. The van der Waals surface area contributed by atoms with E-state index < -0.39 is 5.91 Å². The lowest BCUT2D eigenvalue weighted by Crippen LogP contribution is -2.13. The summed E-state index contributed by atoms with van der Waals surface area (Å²) in [5, 5.41) is 12.6. The molecular weight excluding hydrogens is 511 g/mol. The van der Waals surface area contributed by atoms with Gasteiger partial charge in [-0.1, -0.05) is 29.8 Å². The van der Waals surface area contributed by atoms with Gasteiger partial charge in [0.2, 0.25) is 0 Å². The molecule has 3 rings (SSSR count).